The van der Waals surface area contributed by atoms with Crippen LogP contribution in [0.4, 0.5) is 0 Å². The lowest BCUT2D eigenvalue weighted by Crippen LogP contribution is -2.34. The normalized spacial score (nSPS) is 20.4. The third-order valence-electron chi connectivity index (χ3n) is 3.39. The van der Waals surface area contributed by atoms with Crippen LogP contribution in [-0.2, 0) is 4.74 Å². The van der Waals surface area contributed by atoms with Crippen molar-refractivity contribution in [2.45, 2.75) is 32.5 Å². The highest BCUT2D eigenvalue weighted by atomic mass is 35.5. The Kier molecular flexibility index (Phi) is 5.97. The minimum absolute atomic E-state index is 0.00563. The standard InChI is InChI=1S/C15H21Cl2NO2/c1-10(2)19-9-15(11-5-6-18-8-11)20-14-4-3-12(16)7-13(14)17/h3-4,7,10-11,15,18H,5-6,8-9H2,1-2H3/t11-,15+/m1/s1. The molecule has 0 amide bonds. The molecule has 1 saturated heterocycles. The summed E-state index contributed by atoms with van der Waals surface area (Å²) in [5.41, 5.74) is 0. The van der Waals surface area contributed by atoms with Crippen molar-refractivity contribution in [3.8, 4) is 5.75 Å². The van der Waals surface area contributed by atoms with Crippen molar-refractivity contribution < 1.29 is 9.47 Å². The molecular weight excluding hydrogens is 297 g/mol. The van der Waals surface area contributed by atoms with E-state index in [1.165, 1.54) is 0 Å². The van der Waals surface area contributed by atoms with Crippen LogP contribution in [0, 0.1) is 5.92 Å². The number of hydrogen-bond donors (Lipinski definition) is 1. The van der Waals surface area contributed by atoms with Gasteiger partial charge in [0.1, 0.15) is 11.9 Å². The van der Waals surface area contributed by atoms with Gasteiger partial charge in [0, 0.05) is 17.5 Å². The first-order chi connectivity index (χ1) is 9.56. The fourth-order valence-corrected chi connectivity index (χ4v) is 2.73. The summed E-state index contributed by atoms with van der Waals surface area (Å²) in [7, 11) is 0. The molecular formula is C15H21Cl2NO2. The first-order valence-electron chi connectivity index (χ1n) is 7.00. The first kappa shape index (κ1) is 15.9. The molecule has 0 bridgehead atoms. The van der Waals surface area contributed by atoms with E-state index in [2.05, 4.69) is 5.32 Å². The Bertz CT molecular complexity index is 434. The fourth-order valence-electron chi connectivity index (χ4n) is 2.28. The van der Waals surface area contributed by atoms with E-state index in [9.17, 15) is 0 Å². The van der Waals surface area contributed by atoms with Gasteiger partial charge >= 0.3 is 0 Å². The quantitative estimate of drug-likeness (QED) is 0.866. The van der Waals surface area contributed by atoms with E-state index in [0.29, 0.717) is 28.3 Å². The predicted octanol–water partition coefficient (Wildman–Crippen LogP) is 3.78. The number of hydrogen-bond acceptors (Lipinski definition) is 3. The van der Waals surface area contributed by atoms with Gasteiger partial charge in [-0.05, 0) is 45.0 Å². The van der Waals surface area contributed by atoms with E-state index in [1.807, 2.05) is 19.9 Å². The lowest BCUT2D eigenvalue weighted by molar-refractivity contribution is -0.00362. The van der Waals surface area contributed by atoms with Crippen molar-refractivity contribution in [3.05, 3.63) is 28.2 Å². The average molecular weight is 318 g/mol. The lowest BCUT2D eigenvalue weighted by atomic mass is 10.0. The van der Waals surface area contributed by atoms with Crippen molar-refractivity contribution >= 4 is 23.2 Å². The van der Waals surface area contributed by atoms with Crippen LogP contribution in [-0.4, -0.2) is 31.9 Å². The molecule has 1 aromatic rings. The van der Waals surface area contributed by atoms with Crippen molar-refractivity contribution in [2.75, 3.05) is 19.7 Å². The maximum absolute atomic E-state index is 6.18. The summed E-state index contributed by atoms with van der Waals surface area (Å²) in [6.45, 7) is 6.61. The van der Waals surface area contributed by atoms with E-state index in [-0.39, 0.29) is 12.2 Å². The highest BCUT2D eigenvalue weighted by Gasteiger charge is 2.27. The Morgan fingerprint density at radius 2 is 2.15 bits per heavy atom. The summed E-state index contributed by atoms with van der Waals surface area (Å²) in [5, 5.41) is 4.51. The average Bonchev–Trinajstić information content (AvgIpc) is 2.90. The molecule has 3 nitrogen and oxygen atoms in total. The number of rotatable bonds is 6. The van der Waals surface area contributed by atoms with Crippen LogP contribution in [0.2, 0.25) is 10.0 Å². The Hall–Kier alpha value is -0.480. The summed E-state index contributed by atoms with van der Waals surface area (Å²) in [6.07, 6.45) is 1.29. The summed E-state index contributed by atoms with van der Waals surface area (Å²) >= 11 is 12.1. The van der Waals surface area contributed by atoms with Gasteiger partial charge in [-0.25, -0.2) is 0 Å². The highest BCUT2D eigenvalue weighted by molar-refractivity contribution is 6.35. The molecule has 112 valence electrons. The van der Waals surface area contributed by atoms with Crippen LogP contribution < -0.4 is 10.1 Å². The first-order valence-corrected chi connectivity index (χ1v) is 7.76. The summed E-state index contributed by atoms with van der Waals surface area (Å²) in [5.74, 6) is 1.11. The lowest BCUT2D eigenvalue weighted by Gasteiger charge is -2.25. The smallest absolute Gasteiger partial charge is 0.138 e. The SMILES string of the molecule is CC(C)OC[C@H](Oc1ccc(Cl)cc1Cl)[C@@H]1CCNC1. The molecule has 1 N–H and O–H groups in total. The van der Waals surface area contributed by atoms with Crippen LogP contribution in [0.25, 0.3) is 0 Å². The Morgan fingerprint density at radius 1 is 1.35 bits per heavy atom. The summed E-state index contributed by atoms with van der Waals surface area (Å²) < 4.78 is 11.8. The van der Waals surface area contributed by atoms with Gasteiger partial charge in [0.05, 0.1) is 17.7 Å². The maximum Gasteiger partial charge on any atom is 0.138 e. The minimum Gasteiger partial charge on any atom is -0.486 e. The molecule has 5 heteroatoms. The second kappa shape index (κ2) is 7.51. The molecule has 1 heterocycles. The molecule has 1 aliphatic rings. The van der Waals surface area contributed by atoms with E-state index in [4.69, 9.17) is 32.7 Å². The molecule has 2 atom stereocenters. The van der Waals surface area contributed by atoms with Crippen LogP contribution >= 0.6 is 23.2 Å². The van der Waals surface area contributed by atoms with Gasteiger partial charge in [0.25, 0.3) is 0 Å². The second-order valence-electron chi connectivity index (χ2n) is 5.37. The van der Waals surface area contributed by atoms with Crippen molar-refractivity contribution in [2.24, 2.45) is 5.92 Å². The van der Waals surface area contributed by atoms with Gasteiger partial charge < -0.3 is 14.8 Å². The number of halogens is 2. The minimum atomic E-state index is 0.00563. The van der Waals surface area contributed by atoms with Gasteiger partial charge in [-0.15, -0.1) is 0 Å². The number of benzene rings is 1. The van der Waals surface area contributed by atoms with Crippen molar-refractivity contribution in [3.63, 3.8) is 0 Å². The third-order valence-corrected chi connectivity index (χ3v) is 3.92. The van der Waals surface area contributed by atoms with Crippen LogP contribution in [0.1, 0.15) is 20.3 Å². The van der Waals surface area contributed by atoms with Gasteiger partial charge in [0.15, 0.2) is 0 Å². The Labute approximate surface area is 130 Å². The van der Waals surface area contributed by atoms with Crippen LogP contribution in [0.3, 0.4) is 0 Å². The molecule has 0 saturated carbocycles. The van der Waals surface area contributed by atoms with E-state index < -0.39 is 0 Å². The van der Waals surface area contributed by atoms with Crippen LogP contribution in [0.5, 0.6) is 5.75 Å². The number of ether oxygens (including phenoxy) is 2. The monoisotopic (exact) mass is 317 g/mol. The molecule has 1 fully saturated rings. The van der Waals surface area contributed by atoms with Crippen molar-refractivity contribution in [1.29, 1.82) is 0 Å². The zero-order chi connectivity index (χ0) is 14.5. The van der Waals surface area contributed by atoms with Gasteiger partial charge in [-0.1, -0.05) is 23.2 Å². The topological polar surface area (TPSA) is 30.5 Å². The zero-order valence-electron chi connectivity index (χ0n) is 11.9. The highest BCUT2D eigenvalue weighted by Crippen LogP contribution is 2.30. The molecule has 0 radical (unpaired) electrons. The van der Waals surface area contributed by atoms with Crippen molar-refractivity contribution in [1.82, 2.24) is 5.32 Å². The molecule has 2 rings (SSSR count). The summed E-state index contributed by atoms with van der Waals surface area (Å²) in [4.78, 5) is 0. The Morgan fingerprint density at radius 3 is 2.75 bits per heavy atom. The van der Waals surface area contributed by atoms with Gasteiger partial charge in [-0.2, -0.15) is 0 Å². The molecule has 0 unspecified atom stereocenters. The maximum atomic E-state index is 6.18. The number of nitrogens with one attached hydrogen (secondary N) is 1. The largest absolute Gasteiger partial charge is 0.486 e. The zero-order valence-corrected chi connectivity index (χ0v) is 13.4. The van der Waals surface area contributed by atoms with Gasteiger partial charge in [-0.3, -0.25) is 0 Å². The molecule has 20 heavy (non-hydrogen) atoms. The van der Waals surface area contributed by atoms with Gasteiger partial charge in [0.2, 0.25) is 0 Å². The molecule has 0 spiro atoms. The van der Waals surface area contributed by atoms with E-state index in [1.54, 1.807) is 12.1 Å². The summed E-state index contributed by atoms with van der Waals surface area (Å²) in [6, 6.07) is 5.30. The second-order valence-corrected chi connectivity index (χ2v) is 6.21. The van der Waals surface area contributed by atoms with E-state index in [0.717, 1.165) is 19.5 Å². The van der Waals surface area contributed by atoms with Crippen LogP contribution in [0.15, 0.2) is 18.2 Å². The molecule has 1 aliphatic heterocycles. The molecule has 0 aliphatic carbocycles. The van der Waals surface area contributed by atoms with E-state index >= 15 is 0 Å². The molecule has 0 aromatic heterocycles. The third kappa shape index (κ3) is 4.52. The molecule has 1 aromatic carbocycles. The fraction of sp³-hybridized carbons (Fsp3) is 0.600. The Balaban J connectivity index is 2.05. The predicted molar refractivity (Wildman–Crippen MR) is 82.9 cm³/mol.